The molecule has 0 aliphatic heterocycles. The molecule has 0 atom stereocenters. The summed E-state index contributed by atoms with van der Waals surface area (Å²) in [6.07, 6.45) is 4.25. The van der Waals surface area contributed by atoms with E-state index in [0.717, 1.165) is 6.26 Å². The van der Waals surface area contributed by atoms with E-state index in [4.69, 9.17) is 0 Å². The zero-order valence-electron chi connectivity index (χ0n) is 11.9. The minimum absolute atomic E-state index is 0.213. The lowest BCUT2D eigenvalue weighted by Crippen LogP contribution is -2.35. The van der Waals surface area contributed by atoms with E-state index in [0.29, 0.717) is 11.1 Å². The zero-order valence-corrected chi connectivity index (χ0v) is 12.8. The van der Waals surface area contributed by atoms with E-state index < -0.39 is 21.3 Å². The smallest absolute Gasteiger partial charge is 0.331 e. The molecule has 0 fully saturated rings. The first-order chi connectivity index (χ1) is 9.62. The van der Waals surface area contributed by atoms with Crippen molar-refractivity contribution in [2.75, 3.05) is 6.26 Å². The molecule has 2 rings (SSSR count). The summed E-state index contributed by atoms with van der Waals surface area (Å²) >= 11 is 0. The van der Waals surface area contributed by atoms with E-state index in [1.54, 1.807) is 38.2 Å². The van der Waals surface area contributed by atoms with Crippen LogP contribution in [0, 0.1) is 0 Å². The Morgan fingerprint density at radius 2 is 1.95 bits per heavy atom. The van der Waals surface area contributed by atoms with Crippen molar-refractivity contribution in [2.45, 2.75) is 24.3 Å². The van der Waals surface area contributed by atoms with Gasteiger partial charge in [0.1, 0.15) is 0 Å². The molecular weight excluding hydrogens is 292 g/mol. The van der Waals surface area contributed by atoms with Gasteiger partial charge in [0.05, 0.1) is 11.1 Å². The molecule has 1 aromatic carbocycles. The van der Waals surface area contributed by atoms with Crippen LogP contribution >= 0.6 is 0 Å². The summed E-state index contributed by atoms with van der Waals surface area (Å²) in [5.41, 5.74) is 0.160. The molecular formula is C14H16N2O4S. The maximum Gasteiger partial charge on any atom is 0.331 e. The Labute approximate surface area is 123 Å². The van der Waals surface area contributed by atoms with Crippen molar-refractivity contribution in [3.8, 4) is 11.1 Å². The Bertz CT molecular complexity index is 791. The van der Waals surface area contributed by atoms with Crippen LogP contribution < -0.4 is 0 Å². The number of hydrogen-bond donors (Lipinski definition) is 1. The van der Waals surface area contributed by atoms with Gasteiger partial charge < -0.3 is 5.11 Å². The molecule has 0 saturated carbocycles. The lowest BCUT2D eigenvalue weighted by atomic mass is 10.1. The van der Waals surface area contributed by atoms with E-state index >= 15 is 0 Å². The van der Waals surface area contributed by atoms with Crippen LogP contribution in [0.4, 0.5) is 0 Å². The van der Waals surface area contributed by atoms with Gasteiger partial charge in [-0.1, -0.05) is 12.1 Å². The standard InChI is InChI=1S/C14H16N2O4S/c1-14(2,13(17)18)16-9-11(8-15-16)10-5-4-6-12(7-10)21(3,19)20/h4-9H,1-3H3,(H,17,18). The number of carboxylic acid groups (broad SMARTS) is 1. The zero-order chi connectivity index (χ0) is 15.8. The summed E-state index contributed by atoms with van der Waals surface area (Å²) in [6.45, 7) is 3.08. The topological polar surface area (TPSA) is 89.3 Å². The van der Waals surface area contributed by atoms with Crippen molar-refractivity contribution < 1.29 is 18.3 Å². The Morgan fingerprint density at radius 3 is 2.52 bits per heavy atom. The number of carboxylic acids is 1. The minimum Gasteiger partial charge on any atom is -0.479 e. The lowest BCUT2D eigenvalue weighted by molar-refractivity contribution is -0.146. The van der Waals surface area contributed by atoms with Crippen molar-refractivity contribution in [1.82, 2.24) is 9.78 Å². The van der Waals surface area contributed by atoms with E-state index in [9.17, 15) is 18.3 Å². The highest BCUT2D eigenvalue weighted by atomic mass is 32.2. The highest BCUT2D eigenvalue weighted by molar-refractivity contribution is 7.90. The summed E-state index contributed by atoms with van der Waals surface area (Å²) in [7, 11) is -3.29. The first-order valence-electron chi connectivity index (χ1n) is 6.21. The molecule has 0 radical (unpaired) electrons. The third-order valence-corrected chi connectivity index (χ3v) is 4.38. The largest absolute Gasteiger partial charge is 0.479 e. The van der Waals surface area contributed by atoms with E-state index in [1.807, 2.05) is 0 Å². The van der Waals surface area contributed by atoms with E-state index in [1.165, 1.54) is 16.9 Å². The van der Waals surface area contributed by atoms with Gasteiger partial charge in [-0.25, -0.2) is 13.2 Å². The fourth-order valence-corrected chi connectivity index (χ4v) is 2.45. The summed E-state index contributed by atoms with van der Waals surface area (Å²) in [5.74, 6) is -0.998. The number of nitrogens with zero attached hydrogens (tertiary/aromatic N) is 2. The Balaban J connectivity index is 2.46. The summed E-state index contributed by atoms with van der Waals surface area (Å²) < 4.78 is 24.5. The molecule has 0 spiro atoms. The lowest BCUT2D eigenvalue weighted by Gasteiger charge is -2.19. The van der Waals surface area contributed by atoms with Gasteiger partial charge in [-0.05, 0) is 31.5 Å². The molecule has 6 nitrogen and oxygen atoms in total. The first kappa shape index (κ1) is 15.2. The molecule has 21 heavy (non-hydrogen) atoms. The average molecular weight is 308 g/mol. The molecule has 7 heteroatoms. The van der Waals surface area contributed by atoms with Crippen molar-refractivity contribution in [3.63, 3.8) is 0 Å². The number of carbonyl (C=O) groups is 1. The SMILES string of the molecule is CC(C)(C(=O)O)n1cc(-c2cccc(S(C)(=O)=O)c2)cn1. The third kappa shape index (κ3) is 2.97. The maximum atomic E-state index is 11.6. The van der Waals surface area contributed by atoms with E-state index in [2.05, 4.69) is 5.10 Å². The summed E-state index contributed by atoms with van der Waals surface area (Å²) in [5, 5.41) is 13.2. The highest BCUT2D eigenvalue weighted by Crippen LogP contribution is 2.24. The molecule has 0 aliphatic rings. The molecule has 0 saturated heterocycles. The fraction of sp³-hybridized carbons (Fsp3) is 0.286. The van der Waals surface area contributed by atoms with Crippen LogP contribution in [0.15, 0.2) is 41.6 Å². The number of rotatable bonds is 4. The predicted molar refractivity (Wildman–Crippen MR) is 77.7 cm³/mol. The average Bonchev–Trinajstić information content (AvgIpc) is 2.88. The van der Waals surface area contributed by atoms with Crippen LogP contribution in [0.3, 0.4) is 0 Å². The Hall–Kier alpha value is -2.15. The quantitative estimate of drug-likeness (QED) is 0.930. The number of sulfone groups is 1. The maximum absolute atomic E-state index is 11.6. The molecule has 112 valence electrons. The van der Waals surface area contributed by atoms with Crippen LogP contribution in [-0.2, 0) is 20.2 Å². The first-order valence-corrected chi connectivity index (χ1v) is 8.10. The molecule has 1 aromatic heterocycles. The molecule has 1 heterocycles. The second kappa shape index (κ2) is 5.00. The van der Waals surface area contributed by atoms with Crippen LogP contribution in [0.25, 0.3) is 11.1 Å². The number of hydrogen-bond acceptors (Lipinski definition) is 4. The second-order valence-electron chi connectivity index (χ2n) is 5.34. The summed E-state index contributed by atoms with van der Waals surface area (Å²) in [6, 6.07) is 6.46. The van der Waals surface area contributed by atoms with Gasteiger partial charge in [-0.2, -0.15) is 5.10 Å². The van der Waals surface area contributed by atoms with Gasteiger partial charge >= 0.3 is 5.97 Å². The van der Waals surface area contributed by atoms with E-state index in [-0.39, 0.29) is 4.90 Å². The second-order valence-corrected chi connectivity index (χ2v) is 7.35. The van der Waals surface area contributed by atoms with Crippen molar-refractivity contribution in [2.24, 2.45) is 0 Å². The molecule has 0 unspecified atom stereocenters. The van der Waals surface area contributed by atoms with Crippen LogP contribution in [0.1, 0.15) is 13.8 Å². The van der Waals surface area contributed by atoms with Gasteiger partial charge in [0.25, 0.3) is 0 Å². The minimum atomic E-state index is -3.29. The molecule has 1 N–H and O–H groups in total. The van der Waals surface area contributed by atoms with Gasteiger partial charge in [-0.15, -0.1) is 0 Å². The van der Waals surface area contributed by atoms with Gasteiger partial charge in [0.15, 0.2) is 15.4 Å². The molecule has 0 bridgehead atoms. The third-order valence-electron chi connectivity index (χ3n) is 3.27. The molecule has 0 amide bonds. The van der Waals surface area contributed by atoms with Crippen molar-refractivity contribution in [3.05, 3.63) is 36.7 Å². The predicted octanol–water partition coefficient (Wildman–Crippen LogP) is 1.77. The van der Waals surface area contributed by atoms with Crippen molar-refractivity contribution in [1.29, 1.82) is 0 Å². The van der Waals surface area contributed by atoms with Crippen LogP contribution in [-0.4, -0.2) is 35.5 Å². The molecule has 2 aromatic rings. The Kier molecular flexibility index (Phi) is 3.63. The van der Waals surface area contributed by atoms with Gasteiger partial charge in [0.2, 0.25) is 0 Å². The summed E-state index contributed by atoms with van der Waals surface area (Å²) in [4.78, 5) is 11.4. The number of benzene rings is 1. The number of aromatic nitrogens is 2. The monoisotopic (exact) mass is 308 g/mol. The van der Waals surface area contributed by atoms with Gasteiger partial charge in [0, 0.05) is 18.0 Å². The van der Waals surface area contributed by atoms with Gasteiger partial charge in [-0.3, -0.25) is 4.68 Å². The fourth-order valence-electron chi connectivity index (χ4n) is 1.78. The highest BCUT2D eigenvalue weighted by Gasteiger charge is 2.30. The Morgan fingerprint density at radius 1 is 1.29 bits per heavy atom. The van der Waals surface area contributed by atoms with Crippen molar-refractivity contribution >= 4 is 15.8 Å². The van der Waals surface area contributed by atoms with Crippen LogP contribution in [0.5, 0.6) is 0 Å². The number of aliphatic carboxylic acids is 1. The normalized spacial score (nSPS) is 12.3. The van der Waals surface area contributed by atoms with Crippen LogP contribution in [0.2, 0.25) is 0 Å². The molecule has 0 aliphatic carbocycles.